The van der Waals surface area contributed by atoms with Crippen molar-refractivity contribution in [2.75, 3.05) is 25.4 Å². The standard InChI is InChI=1S/C17H22FN3O4S/c1-12-3-7-19-15(20-12)25-9-13-4-8-26(23,24)17(13)10-21(11-17)14(22)16(18)5-2-6-16/h3,7,13H,2,4-6,8-11H2,1H3/t13-/m0/s1. The molecule has 1 atom stereocenters. The predicted molar refractivity (Wildman–Crippen MR) is 91.2 cm³/mol. The quantitative estimate of drug-likeness (QED) is 0.773. The minimum atomic E-state index is -3.35. The maximum absolute atomic E-state index is 14.4. The van der Waals surface area contributed by atoms with Crippen molar-refractivity contribution in [3.8, 4) is 6.01 Å². The molecule has 4 rings (SSSR count). The number of carbonyl (C=O) groups is 1. The molecule has 0 bridgehead atoms. The van der Waals surface area contributed by atoms with Crippen LogP contribution in [0.25, 0.3) is 0 Å². The third kappa shape index (κ3) is 2.59. The number of nitrogens with zero attached hydrogens (tertiary/aromatic N) is 3. The first-order valence-corrected chi connectivity index (χ1v) is 10.5. The third-order valence-corrected chi connectivity index (χ3v) is 8.62. The summed E-state index contributed by atoms with van der Waals surface area (Å²) in [5.41, 5.74) is -1.02. The van der Waals surface area contributed by atoms with Gasteiger partial charge in [0.2, 0.25) is 0 Å². The van der Waals surface area contributed by atoms with Gasteiger partial charge in [-0.1, -0.05) is 0 Å². The highest BCUT2D eigenvalue weighted by Crippen LogP contribution is 2.47. The average Bonchev–Trinajstić information content (AvgIpc) is 2.79. The molecule has 0 aromatic carbocycles. The molecule has 26 heavy (non-hydrogen) atoms. The van der Waals surface area contributed by atoms with Crippen molar-refractivity contribution in [1.82, 2.24) is 14.9 Å². The van der Waals surface area contributed by atoms with Gasteiger partial charge in [0.1, 0.15) is 4.75 Å². The Kier molecular flexibility index (Phi) is 3.98. The average molecular weight is 383 g/mol. The topological polar surface area (TPSA) is 89.5 Å². The SMILES string of the molecule is Cc1ccnc(OC[C@@H]2CCS(=O)(=O)C23CN(C(=O)C2(F)CCC2)C3)n1. The molecule has 1 amide bonds. The van der Waals surface area contributed by atoms with E-state index < -0.39 is 26.2 Å². The fourth-order valence-corrected chi connectivity index (χ4v) is 6.51. The predicted octanol–water partition coefficient (Wildman–Crippen LogP) is 1.07. The maximum atomic E-state index is 14.4. The summed E-state index contributed by atoms with van der Waals surface area (Å²) in [5, 5.41) is 0. The Morgan fingerprint density at radius 3 is 2.77 bits per heavy atom. The number of alkyl halides is 1. The Hall–Kier alpha value is -1.77. The van der Waals surface area contributed by atoms with Crippen LogP contribution in [0.4, 0.5) is 4.39 Å². The highest BCUT2D eigenvalue weighted by Gasteiger charge is 2.64. The Balaban J connectivity index is 1.46. The summed E-state index contributed by atoms with van der Waals surface area (Å²) in [6.45, 7) is 2.11. The van der Waals surface area contributed by atoms with Crippen LogP contribution in [0, 0.1) is 12.8 Å². The van der Waals surface area contributed by atoms with Gasteiger partial charge in [0, 0.05) is 30.9 Å². The van der Waals surface area contributed by atoms with Crippen LogP contribution < -0.4 is 4.74 Å². The van der Waals surface area contributed by atoms with Gasteiger partial charge in [0.25, 0.3) is 5.91 Å². The summed E-state index contributed by atoms with van der Waals surface area (Å²) < 4.78 is 44.2. The van der Waals surface area contributed by atoms with E-state index in [4.69, 9.17) is 4.74 Å². The van der Waals surface area contributed by atoms with Crippen molar-refractivity contribution < 1.29 is 22.3 Å². The lowest BCUT2D eigenvalue weighted by atomic mass is 9.77. The van der Waals surface area contributed by atoms with E-state index in [1.807, 2.05) is 6.92 Å². The second-order valence-corrected chi connectivity index (χ2v) is 10.1. The summed E-state index contributed by atoms with van der Waals surface area (Å²) in [6, 6.07) is 1.96. The van der Waals surface area contributed by atoms with Crippen LogP contribution in [0.1, 0.15) is 31.4 Å². The lowest BCUT2D eigenvalue weighted by Gasteiger charge is -2.52. The Labute approximate surface area is 151 Å². The van der Waals surface area contributed by atoms with Gasteiger partial charge < -0.3 is 9.64 Å². The van der Waals surface area contributed by atoms with Gasteiger partial charge in [-0.25, -0.2) is 22.8 Å². The van der Waals surface area contributed by atoms with Crippen molar-refractivity contribution in [2.24, 2.45) is 5.92 Å². The molecule has 0 radical (unpaired) electrons. The zero-order valence-electron chi connectivity index (χ0n) is 14.6. The second-order valence-electron chi connectivity index (χ2n) is 7.64. The first kappa shape index (κ1) is 17.6. The fraction of sp³-hybridized carbons (Fsp3) is 0.706. The number of rotatable bonds is 4. The summed E-state index contributed by atoms with van der Waals surface area (Å²) in [5.74, 6) is -0.742. The van der Waals surface area contributed by atoms with Gasteiger partial charge in [-0.3, -0.25) is 4.79 Å². The first-order valence-electron chi connectivity index (χ1n) is 8.89. The molecule has 0 unspecified atom stereocenters. The van der Waals surface area contributed by atoms with Gasteiger partial charge in [-0.15, -0.1) is 0 Å². The van der Waals surface area contributed by atoms with Crippen molar-refractivity contribution in [2.45, 2.75) is 43.0 Å². The lowest BCUT2D eigenvalue weighted by Crippen LogP contribution is -2.71. The van der Waals surface area contributed by atoms with Crippen molar-refractivity contribution in [3.05, 3.63) is 18.0 Å². The molecule has 1 saturated carbocycles. The number of amides is 1. The van der Waals surface area contributed by atoms with Crippen LogP contribution in [-0.4, -0.2) is 65.1 Å². The molecule has 2 aliphatic heterocycles. The molecule has 1 aliphatic carbocycles. The molecule has 2 saturated heterocycles. The van der Waals surface area contributed by atoms with Crippen molar-refractivity contribution in [1.29, 1.82) is 0 Å². The number of aromatic nitrogens is 2. The van der Waals surface area contributed by atoms with Gasteiger partial charge >= 0.3 is 6.01 Å². The van der Waals surface area contributed by atoms with Crippen LogP contribution in [0.5, 0.6) is 6.01 Å². The van der Waals surface area contributed by atoms with Crippen LogP contribution in [0.3, 0.4) is 0 Å². The van der Waals surface area contributed by atoms with Crippen molar-refractivity contribution >= 4 is 15.7 Å². The number of sulfone groups is 1. The molecule has 3 fully saturated rings. The number of ether oxygens (including phenoxy) is 1. The van der Waals surface area contributed by atoms with E-state index in [0.717, 1.165) is 5.69 Å². The Morgan fingerprint density at radius 2 is 2.15 bits per heavy atom. The highest BCUT2D eigenvalue weighted by atomic mass is 32.2. The summed E-state index contributed by atoms with van der Waals surface area (Å²) in [4.78, 5) is 21.9. The molecule has 7 nitrogen and oxygen atoms in total. The van der Waals surface area contributed by atoms with E-state index in [1.54, 1.807) is 12.3 Å². The van der Waals surface area contributed by atoms with E-state index in [-0.39, 0.29) is 50.2 Å². The minimum absolute atomic E-state index is 0.0581. The third-order valence-electron chi connectivity index (χ3n) is 6.02. The Morgan fingerprint density at radius 1 is 1.42 bits per heavy atom. The van der Waals surface area contributed by atoms with Crippen LogP contribution in [0.2, 0.25) is 0 Å². The molecule has 1 aromatic rings. The lowest BCUT2D eigenvalue weighted by molar-refractivity contribution is -0.156. The van der Waals surface area contributed by atoms with E-state index >= 15 is 0 Å². The summed E-state index contributed by atoms with van der Waals surface area (Å²) >= 11 is 0. The van der Waals surface area contributed by atoms with E-state index in [1.165, 1.54) is 4.90 Å². The van der Waals surface area contributed by atoms with Gasteiger partial charge in [-0.2, -0.15) is 0 Å². The maximum Gasteiger partial charge on any atom is 0.316 e. The first-order chi connectivity index (χ1) is 12.3. The number of hydrogen-bond acceptors (Lipinski definition) is 6. The number of aryl methyl sites for hydroxylation is 1. The normalized spacial score (nSPS) is 27.6. The monoisotopic (exact) mass is 383 g/mol. The molecule has 1 aromatic heterocycles. The molecule has 1 spiro atoms. The highest BCUT2D eigenvalue weighted by molar-refractivity contribution is 7.93. The summed E-state index contributed by atoms with van der Waals surface area (Å²) in [6.07, 6.45) is 3.23. The second kappa shape index (κ2) is 5.87. The molecule has 3 aliphatic rings. The number of likely N-dealkylation sites (tertiary alicyclic amines) is 1. The number of halogens is 1. The van der Waals surface area contributed by atoms with E-state index in [2.05, 4.69) is 9.97 Å². The molecule has 0 N–H and O–H groups in total. The van der Waals surface area contributed by atoms with E-state index in [9.17, 15) is 17.6 Å². The van der Waals surface area contributed by atoms with Crippen LogP contribution >= 0.6 is 0 Å². The number of hydrogen-bond donors (Lipinski definition) is 0. The van der Waals surface area contributed by atoms with Crippen LogP contribution in [-0.2, 0) is 14.6 Å². The molecule has 3 heterocycles. The van der Waals surface area contributed by atoms with E-state index in [0.29, 0.717) is 12.8 Å². The summed E-state index contributed by atoms with van der Waals surface area (Å²) in [7, 11) is -3.35. The smallest absolute Gasteiger partial charge is 0.316 e. The minimum Gasteiger partial charge on any atom is -0.463 e. The largest absolute Gasteiger partial charge is 0.463 e. The zero-order chi connectivity index (χ0) is 18.6. The molecular formula is C17H22FN3O4S. The van der Waals surface area contributed by atoms with Crippen LogP contribution in [0.15, 0.2) is 12.3 Å². The van der Waals surface area contributed by atoms with Crippen molar-refractivity contribution in [3.63, 3.8) is 0 Å². The molecule has 142 valence electrons. The van der Waals surface area contributed by atoms with Gasteiger partial charge in [0.05, 0.1) is 12.4 Å². The van der Waals surface area contributed by atoms with Gasteiger partial charge in [-0.05, 0) is 38.7 Å². The number of carbonyl (C=O) groups excluding carboxylic acids is 1. The zero-order valence-corrected chi connectivity index (χ0v) is 15.5. The fourth-order valence-electron chi connectivity index (χ4n) is 4.11. The molecule has 9 heteroatoms. The van der Waals surface area contributed by atoms with Gasteiger partial charge in [0.15, 0.2) is 15.5 Å². The molecular weight excluding hydrogens is 361 g/mol. The Bertz CT molecular complexity index is 834.